The summed E-state index contributed by atoms with van der Waals surface area (Å²) in [4.78, 5) is 19.1. The summed E-state index contributed by atoms with van der Waals surface area (Å²) in [6.07, 6.45) is 9.21. The second-order valence-corrected chi connectivity index (χ2v) is 6.49. The zero-order valence-corrected chi connectivity index (χ0v) is 15.0. The minimum Gasteiger partial charge on any atom is -0.424 e. The number of benzene rings is 1. The monoisotopic (exact) mass is 362 g/mol. The number of rotatable bonds is 6. The molecule has 1 N–H and O–H groups in total. The summed E-state index contributed by atoms with van der Waals surface area (Å²) < 4.78 is 5.63. The van der Waals surface area contributed by atoms with Crippen LogP contribution in [0, 0.1) is 0 Å². The van der Waals surface area contributed by atoms with Gasteiger partial charge in [0.05, 0.1) is 0 Å². The van der Waals surface area contributed by atoms with E-state index in [1.807, 2.05) is 18.2 Å². The van der Waals surface area contributed by atoms with Crippen LogP contribution in [0.1, 0.15) is 18.4 Å². The smallest absolute Gasteiger partial charge is 0.321 e. The zero-order valence-electron chi connectivity index (χ0n) is 15.0. The first-order valence-electron chi connectivity index (χ1n) is 9.16. The van der Waals surface area contributed by atoms with E-state index in [9.17, 15) is 0 Å². The molecular formula is C20H22N6O. The molecule has 1 unspecified atom stereocenters. The van der Waals surface area contributed by atoms with Crippen LogP contribution in [0.25, 0.3) is 0 Å². The first kappa shape index (κ1) is 17.4. The Morgan fingerprint density at radius 2 is 1.67 bits per heavy atom. The quantitative estimate of drug-likeness (QED) is 0.722. The van der Waals surface area contributed by atoms with Gasteiger partial charge in [-0.25, -0.2) is 19.9 Å². The molecule has 0 saturated carbocycles. The maximum absolute atomic E-state index is 5.63. The predicted octanol–water partition coefficient (Wildman–Crippen LogP) is 2.82. The minimum atomic E-state index is 0.355. The molecule has 1 atom stereocenters. The number of ether oxygens (including phenoxy) is 1. The van der Waals surface area contributed by atoms with Crippen molar-refractivity contribution in [3.8, 4) is 11.8 Å². The molecule has 1 aliphatic heterocycles. The summed E-state index contributed by atoms with van der Waals surface area (Å²) in [6, 6.07) is 12.4. The van der Waals surface area contributed by atoms with E-state index in [4.69, 9.17) is 4.74 Å². The fraction of sp³-hybridized carbons (Fsp3) is 0.300. The second-order valence-electron chi connectivity index (χ2n) is 6.49. The Kier molecular flexibility index (Phi) is 5.50. The molecular weight excluding hydrogens is 340 g/mol. The van der Waals surface area contributed by atoms with Crippen molar-refractivity contribution in [3.05, 3.63) is 66.7 Å². The van der Waals surface area contributed by atoms with Gasteiger partial charge in [0.25, 0.3) is 0 Å². The van der Waals surface area contributed by atoms with Crippen molar-refractivity contribution in [3.63, 3.8) is 0 Å². The highest BCUT2D eigenvalue weighted by Crippen LogP contribution is 2.19. The van der Waals surface area contributed by atoms with Crippen LogP contribution in [0.2, 0.25) is 0 Å². The molecule has 27 heavy (non-hydrogen) atoms. The van der Waals surface area contributed by atoms with Crippen LogP contribution in [0.3, 0.4) is 0 Å². The third-order valence-corrected chi connectivity index (χ3v) is 4.53. The largest absolute Gasteiger partial charge is 0.424 e. The highest BCUT2D eigenvalue weighted by Gasteiger charge is 2.21. The van der Waals surface area contributed by atoms with Crippen molar-refractivity contribution in [1.82, 2.24) is 25.3 Å². The predicted molar refractivity (Wildman–Crippen MR) is 103 cm³/mol. The van der Waals surface area contributed by atoms with E-state index in [0.29, 0.717) is 12.1 Å². The summed E-state index contributed by atoms with van der Waals surface area (Å²) in [7, 11) is 0. The molecule has 0 aliphatic carbocycles. The fourth-order valence-corrected chi connectivity index (χ4v) is 3.16. The van der Waals surface area contributed by atoms with E-state index < -0.39 is 0 Å². The Hall–Kier alpha value is -3.06. The van der Waals surface area contributed by atoms with E-state index in [1.54, 1.807) is 30.9 Å². The molecule has 7 heteroatoms. The van der Waals surface area contributed by atoms with Crippen molar-refractivity contribution in [2.24, 2.45) is 0 Å². The maximum Gasteiger partial charge on any atom is 0.321 e. The van der Waals surface area contributed by atoms with Crippen molar-refractivity contribution < 1.29 is 4.74 Å². The number of nitrogens with zero attached hydrogens (tertiary/aromatic N) is 5. The number of hydrogen-bond donors (Lipinski definition) is 1. The third-order valence-electron chi connectivity index (χ3n) is 4.53. The molecule has 138 valence electrons. The molecule has 4 rings (SSSR count). The fourth-order valence-electron chi connectivity index (χ4n) is 3.16. The summed E-state index contributed by atoms with van der Waals surface area (Å²) in [5.74, 6) is 1.55. The van der Waals surface area contributed by atoms with Gasteiger partial charge in [-0.1, -0.05) is 12.1 Å². The lowest BCUT2D eigenvalue weighted by Crippen LogP contribution is -2.46. The van der Waals surface area contributed by atoms with Crippen LogP contribution < -0.4 is 15.0 Å². The normalized spacial score (nSPS) is 16.9. The van der Waals surface area contributed by atoms with Crippen molar-refractivity contribution in [2.45, 2.75) is 25.4 Å². The molecule has 2 aromatic heterocycles. The van der Waals surface area contributed by atoms with Gasteiger partial charge in [-0.05, 0) is 42.7 Å². The highest BCUT2D eigenvalue weighted by atomic mass is 16.5. The summed E-state index contributed by atoms with van der Waals surface area (Å²) in [6.45, 7) is 2.75. The van der Waals surface area contributed by atoms with Gasteiger partial charge >= 0.3 is 6.01 Å². The van der Waals surface area contributed by atoms with Crippen LogP contribution in [-0.4, -0.2) is 39.1 Å². The van der Waals surface area contributed by atoms with Crippen LogP contribution in [0.4, 0.5) is 5.95 Å². The second kappa shape index (κ2) is 8.55. The van der Waals surface area contributed by atoms with E-state index in [1.165, 1.54) is 5.56 Å². The highest BCUT2D eigenvalue weighted by molar-refractivity contribution is 5.31. The first-order valence-corrected chi connectivity index (χ1v) is 9.16. The Morgan fingerprint density at radius 1 is 0.963 bits per heavy atom. The lowest BCUT2D eigenvalue weighted by molar-refractivity contribution is 0.417. The average Bonchev–Trinajstić information content (AvgIpc) is 2.75. The topological polar surface area (TPSA) is 76.1 Å². The van der Waals surface area contributed by atoms with Crippen molar-refractivity contribution in [2.75, 3.05) is 18.0 Å². The maximum atomic E-state index is 5.63. The molecule has 3 heterocycles. The molecule has 1 saturated heterocycles. The Balaban J connectivity index is 1.29. The van der Waals surface area contributed by atoms with Crippen molar-refractivity contribution >= 4 is 5.95 Å². The number of anilines is 1. The van der Waals surface area contributed by atoms with Crippen LogP contribution in [0.5, 0.6) is 11.8 Å². The summed E-state index contributed by atoms with van der Waals surface area (Å²) in [5, 5.41) is 3.64. The third kappa shape index (κ3) is 4.77. The van der Waals surface area contributed by atoms with Gasteiger partial charge in [0.1, 0.15) is 5.75 Å². The molecule has 1 aromatic carbocycles. The number of piperidine rings is 1. The Morgan fingerprint density at radius 3 is 2.41 bits per heavy atom. The Bertz CT molecular complexity index is 828. The van der Waals surface area contributed by atoms with Crippen molar-refractivity contribution in [1.29, 1.82) is 0 Å². The van der Waals surface area contributed by atoms with E-state index in [-0.39, 0.29) is 0 Å². The van der Waals surface area contributed by atoms with E-state index in [2.05, 4.69) is 42.3 Å². The molecule has 0 radical (unpaired) electrons. The van der Waals surface area contributed by atoms with Gasteiger partial charge in [-0.15, -0.1) is 0 Å². The molecule has 7 nitrogen and oxygen atoms in total. The number of hydrogen-bond acceptors (Lipinski definition) is 7. The average molecular weight is 362 g/mol. The van der Waals surface area contributed by atoms with Gasteiger partial charge in [-0.2, -0.15) is 0 Å². The van der Waals surface area contributed by atoms with E-state index >= 15 is 0 Å². The van der Waals surface area contributed by atoms with Gasteiger partial charge < -0.3 is 15.0 Å². The van der Waals surface area contributed by atoms with Gasteiger partial charge in [0.15, 0.2) is 0 Å². The van der Waals surface area contributed by atoms with Gasteiger partial charge in [0.2, 0.25) is 5.95 Å². The number of nitrogens with one attached hydrogen (secondary N) is 1. The lowest BCUT2D eigenvalue weighted by Gasteiger charge is -2.33. The first-order chi connectivity index (χ1) is 13.4. The molecule has 1 aliphatic rings. The van der Waals surface area contributed by atoms with Crippen LogP contribution in [-0.2, 0) is 6.54 Å². The molecule has 0 amide bonds. The van der Waals surface area contributed by atoms with E-state index in [0.717, 1.165) is 44.2 Å². The minimum absolute atomic E-state index is 0.355. The van der Waals surface area contributed by atoms with Gasteiger partial charge in [-0.3, -0.25) is 0 Å². The van der Waals surface area contributed by atoms with Crippen LogP contribution >= 0.6 is 0 Å². The summed E-state index contributed by atoms with van der Waals surface area (Å²) >= 11 is 0. The zero-order chi connectivity index (χ0) is 18.3. The standard InChI is InChI=1S/C20H22N6O/c1-4-17(15-26(13-1)19-21-9-2-10-22-19)25-14-16-5-7-18(8-6-16)27-20-23-11-3-12-24-20/h2-3,5-12,17,25H,1,4,13-15H2. The SMILES string of the molecule is c1cnc(Oc2ccc(CNC3CCCN(c4ncccn4)C3)cc2)nc1. The molecule has 0 bridgehead atoms. The van der Waals surface area contributed by atoms with Gasteiger partial charge in [0, 0.05) is 50.5 Å². The molecule has 1 fully saturated rings. The number of aromatic nitrogens is 4. The lowest BCUT2D eigenvalue weighted by atomic mass is 10.1. The Labute approximate surface area is 158 Å². The summed E-state index contributed by atoms with van der Waals surface area (Å²) in [5.41, 5.74) is 1.21. The molecule has 0 spiro atoms. The van der Waals surface area contributed by atoms with Crippen LogP contribution in [0.15, 0.2) is 61.2 Å². The molecule has 3 aromatic rings.